The van der Waals surface area contributed by atoms with Crippen LogP contribution in [-0.4, -0.2) is 58.9 Å². The molecule has 4 saturated carbocycles. The highest BCUT2D eigenvalue weighted by Crippen LogP contribution is 2.55. The first-order valence-electron chi connectivity index (χ1n) is 9.75. The molecule has 0 aromatic carbocycles. The lowest BCUT2D eigenvalue weighted by Gasteiger charge is -2.58. The molecular weight excluding hydrogens is 304 g/mol. The maximum atomic E-state index is 12.9. The Kier molecular flexibility index (Phi) is 4.17. The molecule has 5 fully saturated rings. The van der Waals surface area contributed by atoms with Gasteiger partial charge in [0.05, 0.1) is 23.9 Å². The van der Waals surface area contributed by atoms with E-state index in [1.54, 1.807) is 0 Å². The van der Waals surface area contributed by atoms with Crippen molar-refractivity contribution in [1.82, 2.24) is 10.2 Å². The lowest BCUT2D eigenvalue weighted by Crippen LogP contribution is -2.63. The summed E-state index contributed by atoms with van der Waals surface area (Å²) in [7, 11) is 0. The summed E-state index contributed by atoms with van der Waals surface area (Å²) in [5, 5.41) is 14.1. The minimum Gasteiger partial charge on any atom is -0.390 e. The number of morpholine rings is 1. The van der Waals surface area contributed by atoms with Crippen molar-refractivity contribution in [3.05, 3.63) is 0 Å². The molecule has 0 aromatic rings. The molecule has 24 heavy (non-hydrogen) atoms. The summed E-state index contributed by atoms with van der Waals surface area (Å²) in [6, 6.07) is 0.159. The summed E-state index contributed by atoms with van der Waals surface area (Å²) in [5.74, 6) is 1.78. The molecule has 8 atom stereocenters. The van der Waals surface area contributed by atoms with Crippen LogP contribution in [0.5, 0.6) is 0 Å². The molecule has 1 heterocycles. The highest BCUT2D eigenvalue weighted by molar-refractivity contribution is 5.81. The molecule has 2 N–H and O–H groups in total. The highest BCUT2D eigenvalue weighted by atomic mass is 16.5. The third kappa shape index (κ3) is 2.99. The lowest BCUT2D eigenvalue weighted by atomic mass is 9.52. The fourth-order valence-corrected chi connectivity index (χ4v) is 6.20. The maximum Gasteiger partial charge on any atom is 0.237 e. The van der Waals surface area contributed by atoms with E-state index in [4.69, 9.17) is 4.74 Å². The summed E-state index contributed by atoms with van der Waals surface area (Å²) in [5.41, 5.74) is -0.432. The number of aliphatic hydroxyl groups is 1. The SMILES string of the molecule is CC1CN(C(C)C(=O)NC2[C@@H]3CC4C[C@H]2CC(O)(C4)C3)CC(C)O1. The number of amides is 1. The normalized spacial score (nSPS) is 49.2. The number of nitrogens with zero attached hydrogens (tertiary/aromatic N) is 1. The van der Waals surface area contributed by atoms with E-state index in [9.17, 15) is 9.90 Å². The van der Waals surface area contributed by atoms with Gasteiger partial charge in [-0.3, -0.25) is 9.69 Å². The Morgan fingerprint density at radius 2 is 1.75 bits per heavy atom. The van der Waals surface area contributed by atoms with Gasteiger partial charge in [-0.25, -0.2) is 0 Å². The van der Waals surface area contributed by atoms with Gasteiger partial charge < -0.3 is 15.2 Å². The fourth-order valence-electron chi connectivity index (χ4n) is 6.20. The van der Waals surface area contributed by atoms with Crippen LogP contribution >= 0.6 is 0 Å². The van der Waals surface area contributed by atoms with E-state index in [1.165, 1.54) is 12.8 Å². The van der Waals surface area contributed by atoms with E-state index in [1.807, 2.05) is 6.92 Å². The third-order valence-electron chi connectivity index (χ3n) is 6.92. The predicted octanol–water partition coefficient (Wildman–Crippen LogP) is 1.54. The summed E-state index contributed by atoms with van der Waals surface area (Å²) in [6.07, 6.45) is 5.48. The largest absolute Gasteiger partial charge is 0.390 e. The van der Waals surface area contributed by atoms with Crippen LogP contribution < -0.4 is 5.32 Å². The predicted molar refractivity (Wildman–Crippen MR) is 91.5 cm³/mol. The molecule has 0 radical (unpaired) electrons. The zero-order chi connectivity index (χ0) is 17.1. The smallest absolute Gasteiger partial charge is 0.237 e. The molecule has 4 bridgehead atoms. The van der Waals surface area contributed by atoms with Crippen LogP contribution in [0.3, 0.4) is 0 Å². The van der Waals surface area contributed by atoms with Crippen molar-refractivity contribution >= 4 is 5.91 Å². The monoisotopic (exact) mass is 336 g/mol. The van der Waals surface area contributed by atoms with Crippen LogP contribution in [0.2, 0.25) is 0 Å². The average Bonchev–Trinajstić information content (AvgIpc) is 2.47. The van der Waals surface area contributed by atoms with Crippen LogP contribution in [-0.2, 0) is 9.53 Å². The van der Waals surface area contributed by atoms with Crippen LogP contribution in [0.15, 0.2) is 0 Å². The summed E-state index contributed by atoms with van der Waals surface area (Å²) < 4.78 is 5.78. The van der Waals surface area contributed by atoms with E-state index in [0.717, 1.165) is 32.4 Å². The second-order valence-electron chi connectivity index (χ2n) is 9.12. The highest BCUT2D eigenvalue weighted by Gasteiger charge is 2.55. The van der Waals surface area contributed by atoms with Gasteiger partial charge in [-0.1, -0.05) is 0 Å². The van der Waals surface area contributed by atoms with Crippen LogP contribution in [0.4, 0.5) is 0 Å². The molecule has 136 valence electrons. The Hall–Kier alpha value is -0.650. The van der Waals surface area contributed by atoms with E-state index < -0.39 is 5.60 Å². The standard InChI is InChI=1S/C19H32N2O3/c1-11-9-21(10-12(2)24-11)13(3)18(22)20-17-15-4-14-5-16(17)8-19(23,6-14)7-15/h11-17,23H,4-10H2,1-3H3,(H,20,22)/t11?,12?,13?,14?,15-,16+,17?,19?. The number of rotatable bonds is 3. The molecule has 4 aliphatic carbocycles. The maximum absolute atomic E-state index is 12.9. The first-order chi connectivity index (χ1) is 11.3. The average molecular weight is 336 g/mol. The molecule has 0 aromatic heterocycles. The minimum absolute atomic E-state index is 0.112. The molecule has 5 aliphatic rings. The Labute approximate surface area is 145 Å². The van der Waals surface area contributed by atoms with E-state index in [2.05, 4.69) is 24.1 Å². The van der Waals surface area contributed by atoms with Gasteiger partial charge in [-0.15, -0.1) is 0 Å². The second-order valence-corrected chi connectivity index (χ2v) is 9.12. The Morgan fingerprint density at radius 1 is 1.17 bits per heavy atom. The molecule has 5 rings (SSSR count). The number of nitrogens with one attached hydrogen (secondary N) is 1. The lowest BCUT2D eigenvalue weighted by molar-refractivity contribution is -0.150. The molecule has 1 amide bonds. The molecule has 5 nitrogen and oxygen atoms in total. The summed E-state index contributed by atoms with van der Waals surface area (Å²) in [4.78, 5) is 15.1. The minimum atomic E-state index is -0.432. The van der Waals surface area contributed by atoms with Crippen LogP contribution in [0.25, 0.3) is 0 Å². The van der Waals surface area contributed by atoms with Crippen molar-refractivity contribution in [3.8, 4) is 0 Å². The number of ether oxygens (including phenoxy) is 1. The molecular formula is C19H32N2O3. The second kappa shape index (κ2) is 5.96. The van der Waals surface area contributed by atoms with Gasteiger partial charge in [0.2, 0.25) is 5.91 Å². The summed E-state index contributed by atoms with van der Waals surface area (Å²) in [6.45, 7) is 7.80. The first kappa shape index (κ1) is 16.8. The number of hydrogen-bond acceptors (Lipinski definition) is 4. The van der Waals surface area contributed by atoms with Gasteiger partial charge in [0.25, 0.3) is 0 Å². The van der Waals surface area contributed by atoms with E-state index in [0.29, 0.717) is 17.8 Å². The van der Waals surface area contributed by atoms with Crippen molar-refractivity contribution in [2.24, 2.45) is 17.8 Å². The Balaban J connectivity index is 1.39. The molecule has 1 aliphatic heterocycles. The van der Waals surface area contributed by atoms with Gasteiger partial charge in [-0.05, 0) is 70.6 Å². The molecule has 6 unspecified atom stereocenters. The van der Waals surface area contributed by atoms with Crippen molar-refractivity contribution in [2.75, 3.05) is 13.1 Å². The van der Waals surface area contributed by atoms with Crippen LogP contribution in [0.1, 0.15) is 52.9 Å². The van der Waals surface area contributed by atoms with Crippen molar-refractivity contribution in [1.29, 1.82) is 0 Å². The summed E-state index contributed by atoms with van der Waals surface area (Å²) >= 11 is 0. The number of hydrogen-bond donors (Lipinski definition) is 2. The van der Waals surface area contributed by atoms with Gasteiger partial charge in [0.15, 0.2) is 0 Å². The first-order valence-corrected chi connectivity index (χ1v) is 9.75. The van der Waals surface area contributed by atoms with Gasteiger partial charge >= 0.3 is 0 Å². The van der Waals surface area contributed by atoms with Gasteiger partial charge in [-0.2, -0.15) is 0 Å². The quantitative estimate of drug-likeness (QED) is 0.821. The van der Waals surface area contributed by atoms with Crippen LogP contribution in [0, 0.1) is 17.8 Å². The molecule has 5 heteroatoms. The zero-order valence-electron chi connectivity index (χ0n) is 15.2. The van der Waals surface area contributed by atoms with Crippen molar-refractivity contribution in [2.45, 2.75) is 82.8 Å². The third-order valence-corrected chi connectivity index (χ3v) is 6.92. The van der Waals surface area contributed by atoms with Crippen molar-refractivity contribution in [3.63, 3.8) is 0 Å². The van der Waals surface area contributed by atoms with Gasteiger partial charge in [0, 0.05) is 19.1 Å². The number of carbonyl (C=O) groups excluding carboxylic acids is 1. The van der Waals surface area contributed by atoms with E-state index >= 15 is 0 Å². The topological polar surface area (TPSA) is 61.8 Å². The van der Waals surface area contributed by atoms with Gasteiger partial charge in [0.1, 0.15) is 0 Å². The molecule has 0 spiro atoms. The zero-order valence-corrected chi connectivity index (χ0v) is 15.2. The Bertz CT molecular complexity index is 485. The van der Waals surface area contributed by atoms with E-state index in [-0.39, 0.29) is 30.2 Å². The fraction of sp³-hybridized carbons (Fsp3) is 0.947. The van der Waals surface area contributed by atoms with Crippen molar-refractivity contribution < 1.29 is 14.6 Å². The number of carbonyl (C=O) groups is 1. The molecule has 1 saturated heterocycles. The Morgan fingerprint density at radius 3 is 2.29 bits per heavy atom.